The highest BCUT2D eigenvalue weighted by Gasteiger charge is 2.29. The molecule has 1 aromatic heterocycles. The van der Waals surface area contributed by atoms with Crippen molar-refractivity contribution in [2.75, 3.05) is 0 Å². The minimum Gasteiger partial charge on any atom is -0.447 e. The van der Waals surface area contributed by atoms with E-state index in [1.54, 1.807) is 6.07 Å². The van der Waals surface area contributed by atoms with E-state index in [1.165, 1.54) is 18.2 Å². The van der Waals surface area contributed by atoms with Gasteiger partial charge in [-0.2, -0.15) is 13.2 Å². The molecule has 0 spiro atoms. The van der Waals surface area contributed by atoms with Crippen LogP contribution < -0.4 is 0 Å². The molecule has 1 aromatic carbocycles. The molecular formula is C12H7F3O2S. The quantitative estimate of drug-likeness (QED) is 0.782. The van der Waals surface area contributed by atoms with E-state index in [2.05, 4.69) is 0 Å². The number of alkyl halides is 3. The van der Waals surface area contributed by atoms with E-state index in [-0.39, 0.29) is 5.76 Å². The third-order valence-corrected chi connectivity index (χ3v) is 3.05. The fourth-order valence-electron chi connectivity index (χ4n) is 1.28. The maximum Gasteiger partial charge on any atom is 0.416 e. The lowest BCUT2D eigenvalue weighted by molar-refractivity contribution is -0.137. The zero-order valence-electron chi connectivity index (χ0n) is 8.90. The Hall–Kier alpha value is -1.69. The molecule has 0 aliphatic carbocycles. The number of furan rings is 1. The zero-order chi connectivity index (χ0) is 13.2. The number of carbonyl (C=O) groups is 1. The normalized spacial score (nSPS) is 11.5. The van der Waals surface area contributed by atoms with E-state index < -0.39 is 11.7 Å². The summed E-state index contributed by atoms with van der Waals surface area (Å²) in [5.41, 5.74) is -0.695. The van der Waals surface area contributed by atoms with Gasteiger partial charge in [0.25, 0.3) is 0 Å². The first-order chi connectivity index (χ1) is 8.49. The minimum absolute atomic E-state index is 0.185. The molecule has 2 nitrogen and oxygen atoms in total. The first-order valence-electron chi connectivity index (χ1n) is 4.89. The Morgan fingerprint density at radius 2 is 1.72 bits per heavy atom. The van der Waals surface area contributed by atoms with Crippen LogP contribution in [0.4, 0.5) is 13.2 Å². The molecule has 0 atom stereocenters. The van der Waals surface area contributed by atoms with Crippen molar-refractivity contribution < 1.29 is 22.4 Å². The highest BCUT2D eigenvalue weighted by Crippen LogP contribution is 2.33. The molecule has 0 amide bonds. The summed E-state index contributed by atoms with van der Waals surface area (Å²) >= 11 is 1.15. The highest BCUT2D eigenvalue weighted by atomic mass is 32.2. The number of aldehydes is 1. The molecule has 2 aromatic rings. The van der Waals surface area contributed by atoms with Crippen LogP contribution in [0, 0.1) is 0 Å². The van der Waals surface area contributed by atoms with Crippen molar-refractivity contribution in [3.05, 3.63) is 47.7 Å². The molecule has 1 heterocycles. The minimum atomic E-state index is -4.33. The van der Waals surface area contributed by atoms with E-state index in [1.807, 2.05) is 0 Å². The van der Waals surface area contributed by atoms with Gasteiger partial charge in [-0.15, -0.1) is 0 Å². The second kappa shape index (κ2) is 4.89. The van der Waals surface area contributed by atoms with Crippen LogP contribution in [0.3, 0.4) is 0 Å². The number of carbonyl (C=O) groups excluding carboxylic acids is 1. The van der Waals surface area contributed by atoms with Crippen LogP contribution in [0.5, 0.6) is 0 Å². The second-order valence-electron chi connectivity index (χ2n) is 3.40. The van der Waals surface area contributed by atoms with Gasteiger partial charge >= 0.3 is 6.18 Å². The van der Waals surface area contributed by atoms with Crippen molar-refractivity contribution in [2.24, 2.45) is 0 Å². The van der Waals surface area contributed by atoms with Crippen molar-refractivity contribution in [2.45, 2.75) is 16.2 Å². The topological polar surface area (TPSA) is 30.2 Å². The number of benzene rings is 1. The van der Waals surface area contributed by atoms with Crippen LogP contribution >= 0.6 is 11.8 Å². The average Bonchev–Trinajstić information content (AvgIpc) is 2.76. The number of hydrogen-bond donors (Lipinski definition) is 0. The summed E-state index contributed by atoms with van der Waals surface area (Å²) in [7, 11) is 0. The van der Waals surface area contributed by atoms with Crippen LogP contribution in [-0.4, -0.2) is 6.29 Å². The summed E-state index contributed by atoms with van der Waals surface area (Å²) in [4.78, 5) is 11.0. The number of hydrogen-bond acceptors (Lipinski definition) is 3. The van der Waals surface area contributed by atoms with Gasteiger partial charge < -0.3 is 4.42 Å². The maximum absolute atomic E-state index is 12.3. The maximum atomic E-state index is 12.3. The largest absolute Gasteiger partial charge is 0.447 e. The smallest absolute Gasteiger partial charge is 0.416 e. The Kier molecular flexibility index (Phi) is 3.47. The summed E-state index contributed by atoms with van der Waals surface area (Å²) in [5.74, 6) is 0.185. The summed E-state index contributed by atoms with van der Waals surface area (Å²) < 4.78 is 42.1. The number of halogens is 3. The van der Waals surface area contributed by atoms with Gasteiger partial charge in [-0.1, -0.05) is 11.8 Å². The van der Waals surface area contributed by atoms with Crippen LogP contribution in [0.15, 0.2) is 50.8 Å². The van der Waals surface area contributed by atoms with Gasteiger partial charge in [-0.25, -0.2) is 0 Å². The predicted octanol–water partition coefficient (Wildman–Crippen LogP) is 4.26. The van der Waals surface area contributed by atoms with Gasteiger partial charge in [0, 0.05) is 4.90 Å². The third-order valence-electron chi connectivity index (χ3n) is 2.12. The zero-order valence-corrected chi connectivity index (χ0v) is 9.72. The summed E-state index contributed by atoms with van der Waals surface area (Å²) in [6.45, 7) is 0. The van der Waals surface area contributed by atoms with E-state index in [9.17, 15) is 18.0 Å². The van der Waals surface area contributed by atoms with E-state index >= 15 is 0 Å². The van der Waals surface area contributed by atoms with Gasteiger partial charge in [0.05, 0.1) is 5.56 Å². The van der Waals surface area contributed by atoms with E-state index in [4.69, 9.17) is 4.42 Å². The lowest BCUT2D eigenvalue weighted by Crippen LogP contribution is -2.03. The monoisotopic (exact) mass is 272 g/mol. The molecule has 0 fully saturated rings. The molecule has 6 heteroatoms. The summed E-state index contributed by atoms with van der Waals surface area (Å²) in [6.07, 6.45) is -3.77. The van der Waals surface area contributed by atoms with E-state index in [0.29, 0.717) is 16.3 Å². The van der Waals surface area contributed by atoms with Crippen LogP contribution in [-0.2, 0) is 6.18 Å². The molecule has 18 heavy (non-hydrogen) atoms. The van der Waals surface area contributed by atoms with Crippen LogP contribution in [0.1, 0.15) is 16.1 Å². The second-order valence-corrected chi connectivity index (χ2v) is 4.48. The lowest BCUT2D eigenvalue weighted by Gasteiger charge is -2.06. The molecule has 0 bridgehead atoms. The average molecular weight is 272 g/mol. The van der Waals surface area contributed by atoms with E-state index in [0.717, 1.165) is 23.9 Å². The standard InChI is InChI=1S/C12H7F3O2S/c13-12(14,15)8-1-4-10(5-2-8)18-11-6-3-9(7-16)17-11/h1-7H. The van der Waals surface area contributed by atoms with Crippen molar-refractivity contribution in [3.8, 4) is 0 Å². The molecule has 0 N–H and O–H groups in total. The molecule has 0 aliphatic rings. The van der Waals surface area contributed by atoms with Gasteiger partial charge in [-0.3, -0.25) is 4.79 Å². The molecule has 2 rings (SSSR count). The molecule has 0 saturated heterocycles. The molecule has 0 aliphatic heterocycles. The first-order valence-corrected chi connectivity index (χ1v) is 5.71. The van der Waals surface area contributed by atoms with Crippen molar-refractivity contribution in [1.82, 2.24) is 0 Å². The van der Waals surface area contributed by atoms with Gasteiger partial charge in [0.15, 0.2) is 17.1 Å². The van der Waals surface area contributed by atoms with Crippen LogP contribution in [0.2, 0.25) is 0 Å². The van der Waals surface area contributed by atoms with Crippen molar-refractivity contribution in [3.63, 3.8) is 0 Å². The first kappa shape index (κ1) is 12.8. The molecule has 0 unspecified atom stereocenters. The van der Waals surface area contributed by atoms with Crippen molar-refractivity contribution in [1.29, 1.82) is 0 Å². The Bertz CT molecular complexity index is 543. The predicted molar refractivity (Wildman–Crippen MR) is 59.7 cm³/mol. The molecule has 94 valence electrons. The fourth-order valence-corrected chi connectivity index (χ4v) is 2.06. The molecular weight excluding hydrogens is 265 g/mol. The molecule has 0 radical (unpaired) electrons. The van der Waals surface area contributed by atoms with Gasteiger partial charge in [0.1, 0.15) is 0 Å². The Labute approximate surface area is 105 Å². The van der Waals surface area contributed by atoms with Gasteiger partial charge in [-0.05, 0) is 36.4 Å². The Balaban J connectivity index is 2.13. The Morgan fingerprint density at radius 1 is 1.06 bits per heavy atom. The van der Waals surface area contributed by atoms with Gasteiger partial charge in [0.2, 0.25) is 0 Å². The molecule has 0 saturated carbocycles. The highest BCUT2D eigenvalue weighted by molar-refractivity contribution is 7.99. The number of rotatable bonds is 3. The van der Waals surface area contributed by atoms with Crippen LogP contribution in [0.25, 0.3) is 0 Å². The fraction of sp³-hybridized carbons (Fsp3) is 0.0833. The Morgan fingerprint density at radius 3 is 2.22 bits per heavy atom. The van der Waals surface area contributed by atoms with Crippen molar-refractivity contribution >= 4 is 18.0 Å². The lowest BCUT2D eigenvalue weighted by atomic mass is 10.2. The third kappa shape index (κ3) is 2.95. The SMILES string of the molecule is O=Cc1ccc(Sc2ccc(C(F)(F)F)cc2)o1. The summed E-state index contributed by atoms with van der Waals surface area (Å²) in [5, 5.41) is 0.455. The summed E-state index contributed by atoms with van der Waals surface area (Å²) in [6, 6.07) is 7.82.